The topological polar surface area (TPSA) is 172 Å². The average molecular weight is 1270 g/mol. The molecule has 0 saturated heterocycles. The van der Waals surface area contributed by atoms with Crippen molar-refractivity contribution in [3.05, 3.63) is 285 Å². The van der Waals surface area contributed by atoms with Gasteiger partial charge in [0.25, 0.3) is 0 Å². The van der Waals surface area contributed by atoms with E-state index in [0.29, 0.717) is 38.3 Å². The van der Waals surface area contributed by atoms with Crippen LogP contribution in [0.25, 0.3) is 47.6 Å². The molecule has 2 heterocycles. The third kappa shape index (κ3) is 13.9. The van der Waals surface area contributed by atoms with E-state index < -0.39 is 63.9 Å². The monoisotopic (exact) mass is 1270 g/mol. The van der Waals surface area contributed by atoms with E-state index in [1.165, 1.54) is 60.1 Å². The van der Waals surface area contributed by atoms with Crippen molar-refractivity contribution in [3.8, 4) is 6.07 Å². The number of benzene rings is 7. The van der Waals surface area contributed by atoms with Crippen LogP contribution in [0.3, 0.4) is 0 Å². The second kappa shape index (κ2) is 27.2. The van der Waals surface area contributed by atoms with Gasteiger partial charge >= 0.3 is 6.09 Å². The number of ketones is 3. The summed E-state index contributed by atoms with van der Waals surface area (Å²) in [6.45, 7) is 1.11. The maximum absolute atomic E-state index is 19.5. The van der Waals surface area contributed by atoms with Crippen molar-refractivity contribution < 1.29 is 69.5 Å². The number of nitrogens with two attached hydrogens (primary N) is 1. The van der Waals surface area contributed by atoms with Crippen LogP contribution in [-0.2, 0) is 67.3 Å². The molecule has 11 nitrogen and oxygen atoms in total. The van der Waals surface area contributed by atoms with Gasteiger partial charge in [-0.15, -0.1) is 0 Å². The van der Waals surface area contributed by atoms with Crippen LogP contribution in [-0.4, -0.2) is 43.9 Å². The molecule has 81 heavy (non-hydrogen) atoms. The number of nitriles is 1. The summed E-state index contributed by atoms with van der Waals surface area (Å²) >= 11 is 6.55. The fourth-order valence-electron chi connectivity index (χ4n) is 9.21. The van der Waals surface area contributed by atoms with Crippen molar-refractivity contribution in [3.63, 3.8) is 0 Å². The number of anilines is 1. The molecule has 0 aliphatic carbocycles. The van der Waals surface area contributed by atoms with Crippen molar-refractivity contribution in [2.45, 2.75) is 19.0 Å². The number of carbonyl (C=O) groups excluding carboxylic acids is 3. The van der Waals surface area contributed by atoms with Gasteiger partial charge in [0.05, 0.1) is 12.2 Å². The number of carboxylic acid groups (broad SMARTS) is 1. The van der Waals surface area contributed by atoms with E-state index >= 15 is 18.8 Å². The van der Waals surface area contributed by atoms with Gasteiger partial charge in [-0.25, -0.2) is 19.1 Å². The number of imidazole rings is 1. The molecule has 8 aromatic rings. The number of hydrogen-bond acceptors (Lipinski definition) is 8. The van der Waals surface area contributed by atoms with Gasteiger partial charge < -0.3 is 15.4 Å². The fraction of sp³-hybridized carbons (Fsp3) is 0.0455. The Morgan fingerprint density at radius 2 is 1.04 bits per heavy atom. The first-order chi connectivity index (χ1) is 38.3. The number of hydrogen-bond donors (Lipinski definition) is 2. The van der Waals surface area contributed by atoms with E-state index in [0.717, 1.165) is 0 Å². The van der Waals surface area contributed by atoms with E-state index in [9.17, 15) is 15.2 Å². The Kier molecular flexibility index (Phi) is 20.0. The van der Waals surface area contributed by atoms with Crippen molar-refractivity contribution in [1.29, 1.82) is 5.26 Å². The van der Waals surface area contributed by atoms with E-state index in [2.05, 4.69) is 11.1 Å². The molecule has 1 aliphatic heterocycles. The first-order valence-corrected chi connectivity index (χ1v) is 25.2. The number of aliphatic imine (C=N–C) groups is 1. The standard InChI is InChI=1S/C66H48ClFN6O5.2Pd/c1-66(43-73-55(42-69)62(67)71-64(73)63(70)72-66)60-59(52(39-48-28-16-6-17-29-48)57(76)36-33-45-22-10-3-11-23-45)54(74(65(78)79)53(40-49-30-18-7-19-31-49)58(77)37-34-46-24-12-4-13-25-46)41-51(61(60)68)50(38-47-26-14-5-15-27-47)56(75)35-32-44-20-8-2-9-21-44;;/h2-41H,43H2,1H3,(H2,70,72)(H,78,79);;. The summed E-state index contributed by atoms with van der Waals surface area (Å²) in [4.78, 5) is 70.5. The molecule has 1 aromatic heterocycles. The van der Waals surface area contributed by atoms with Crippen LogP contribution < -0.4 is 10.6 Å². The Bertz CT molecular complexity index is 3900. The zero-order valence-electron chi connectivity index (χ0n) is 43.1. The number of aromatic nitrogens is 2. The maximum Gasteiger partial charge on any atom is 0.416 e. The third-order valence-electron chi connectivity index (χ3n) is 12.9. The minimum absolute atomic E-state index is 0. The molecular formula is C66H48ClFN6O5Pd2. The van der Waals surface area contributed by atoms with Crippen LogP contribution in [0, 0.1) is 17.1 Å². The summed E-state index contributed by atoms with van der Waals surface area (Å²) in [5, 5.41) is 22.2. The number of fused-ring (bicyclic) bond motifs is 1. The summed E-state index contributed by atoms with van der Waals surface area (Å²) < 4.78 is 20.9. The zero-order chi connectivity index (χ0) is 55.5. The molecule has 3 N–H and O–H groups in total. The molecule has 406 valence electrons. The molecule has 0 bridgehead atoms. The van der Waals surface area contributed by atoms with Gasteiger partial charge in [-0.3, -0.25) is 19.4 Å². The van der Waals surface area contributed by atoms with Gasteiger partial charge in [0.15, 0.2) is 34.1 Å². The Morgan fingerprint density at radius 3 is 1.47 bits per heavy atom. The van der Waals surface area contributed by atoms with Gasteiger partial charge in [-0.05, 0) is 82.8 Å². The molecular weight excluding hydrogens is 1220 g/mol. The number of carbonyl (C=O) groups is 4. The van der Waals surface area contributed by atoms with Gasteiger partial charge in [0.1, 0.15) is 23.1 Å². The third-order valence-corrected chi connectivity index (χ3v) is 13.2. The molecule has 9 rings (SSSR count). The van der Waals surface area contributed by atoms with Gasteiger partial charge in [0.2, 0.25) is 5.78 Å². The number of nitrogens with zero attached hydrogens (tertiary/aromatic N) is 5. The smallest absolute Gasteiger partial charge is 0.416 e. The first kappa shape index (κ1) is 59.6. The molecule has 1 unspecified atom stereocenters. The van der Waals surface area contributed by atoms with Crippen molar-refractivity contribution >= 4 is 94.2 Å². The van der Waals surface area contributed by atoms with Crippen molar-refractivity contribution in [1.82, 2.24) is 9.55 Å². The van der Waals surface area contributed by atoms with Crippen LogP contribution in [0.15, 0.2) is 217 Å². The number of rotatable bonds is 17. The Hall–Kier alpha value is -9.03. The molecule has 0 spiro atoms. The molecule has 1 aliphatic rings. The predicted octanol–water partition coefficient (Wildman–Crippen LogP) is 13.6. The minimum atomic E-state index is -2.00. The second-order valence-corrected chi connectivity index (χ2v) is 18.7. The Balaban J connectivity index is 0.00000473. The molecule has 0 radical (unpaired) electrons. The summed E-state index contributed by atoms with van der Waals surface area (Å²) in [6, 6.07) is 55.9. The fourth-order valence-corrected chi connectivity index (χ4v) is 9.44. The molecule has 15 heteroatoms. The van der Waals surface area contributed by atoms with Crippen LogP contribution in [0.4, 0.5) is 14.9 Å². The SMILES string of the molecule is CC1(c2c(F)c(C(=Cc3ccccc3)C(=O)C=Cc3ccccc3)cc(N(C(=O)O)C(=Cc3ccccc3)C(=O)C=Cc3ccccc3)c2C(=Cc2ccccc2)C(=O)C=Cc2ccccc2)Cn2c(nc(Cl)c2C#N)C(N)=N1.[Pd].[Pd]. The number of amides is 1. The zero-order valence-corrected chi connectivity index (χ0v) is 46.9. The van der Waals surface area contributed by atoms with Crippen molar-refractivity contribution in [2.24, 2.45) is 10.7 Å². The molecule has 1 atom stereocenters. The number of allylic oxidation sites excluding steroid dienone is 5. The van der Waals surface area contributed by atoms with E-state index in [4.69, 9.17) is 22.3 Å². The summed E-state index contributed by atoms with van der Waals surface area (Å²) in [7, 11) is 0. The van der Waals surface area contributed by atoms with Crippen LogP contribution >= 0.6 is 11.6 Å². The van der Waals surface area contributed by atoms with Crippen molar-refractivity contribution in [2.75, 3.05) is 4.90 Å². The molecule has 0 fully saturated rings. The van der Waals surface area contributed by atoms with E-state index in [-0.39, 0.29) is 80.1 Å². The summed E-state index contributed by atoms with van der Waals surface area (Å²) in [5.74, 6) is -3.61. The van der Waals surface area contributed by atoms with E-state index in [1.54, 1.807) is 176 Å². The molecule has 0 saturated carbocycles. The molecule has 7 aromatic carbocycles. The van der Waals surface area contributed by atoms with Gasteiger partial charge in [0, 0.05) is 68.7 Å². The number of halogens is 2. The number of amidine groups is 1. The Morgan fingerprint density at radius 1 is 0.642 bits per heavy atom. The Labute approximate surface area is 500 Å². The largest absolute Gasteiger partial charge is 0.464 e. The van der Waals surface area contributed by atoms with Gasteiger partial charge in [-0.1, -0.05) is 212 Å². The van der Waals surface area contributed by atoms with Crippen LogP contribution in [0.5, 0.6) is 0 Å². The van der Waals surface area contributed by atoms with Crippen LogP contribution in [0.1, 0.15) is 68.5 Å². The van der Waals surface area contributed by atoms with Crippen LogP contribution in [0.2, 0.25) is 5.15 Å². The maximum atomic E-state index is 19.5. The average Bonchev–Trinajstić information content (AvgIpc) is 4.01. The van der Waals surface area contributed by atoms with E-state index in [1.807, 2.05) is 18.2 Å². The predicted molar refractivity (Wildman–Crippen MR) is 311 cm³/mol. The minimum Gasteiger partial charge on any atom is -0.464 e. The summed E-state index contributed by atoms with van der Waals surface area (Å²) in [5.41, 5.74) is 5.30. The quantitative estimate of drug-likeness (QED) is 0.0515. The van der Waals surface area contributed by atoms with Gasteiger partial charge in [-0.2, -0.15) is 5.26 Å². The molecule has 1 amide bonds. The summed E-state index contributed by atoms with van der Waals surface area (Å²) in [6.07, 6.45) is 11.1. The first-order valence-electron chi connectivity index (χ1n) is 24.9. The normalized spacial score (nSPS) is 14.3. The second-order valence-electron chi connectivity index (χ2n) is 18.4.